The molecule has 0 amide bonds. The first-order valence-corrected chi connectivity index (χ1v) is 6.35. The molecule has 1 aromatic heterocycles. The number of nitro benzene ring substituents is 1. The number of fused-ring (bicyclic) bond motifs is 1. The molecule has 1 N–H and O–H groups in total. The Kier molecular flexibility index (Phi) is 4.06. The van der Waals surface area contributed by atoms with Crippen LogP contribution in [-0.4, -0.2) is 41.6 Å². The van der Waals surface area contributed by atoms with Gasteiger partial charge in [-0.2, -0.15) is 0 Å². The van der Waals surface area contributed by atoms with Crippen molar-refractivity contribution in [3.63, 3.8) is 0 Å². The van der Waals surface area contributed by atoms with Gasteiger partial charge in [0, 0.05) is 25.7 Å². The van der Waals surface area contributed by atoms with Crippen LogP contribution in [-0.2, 0) is 9.53 Å². The van der Waals surface area contributed by atoms with Gasteiger partial charge in [0.15, 0.2) is 0 Å². The molecule has 1 aromatic carbocycles. The van der Waals surface area contributed by atoms with Crippen LogP contribution >= 0.6 is 0 Å². The third-order valence-electron chi connectivity index (χ3n) is 3.18. The van der Waals surface area contributed by atoms with Crippen LogP contribution in [0.25, 0.3) is 11.0 Å². The van der Waals surface area contributed by atoms with E-state index in [2.05, 4.69) is 14.7 Å². The number of ether oxygens (including phenoxy) is 1. The summed E-state index contributed by atoms with van der Waals surface area (Å²) < 4.78 is 4.68. The van der Waals surface area contributed by atoms with Crippen molar-refractivity contribution >= 4 is 28.6 Å². The van der Waals surface area contributed by atoms with Crippen molar-refractivity contribution < 1.29 is 14.5 Å². The smallest absolute Gasteiger partial charge is 0.310 e. The number of imidazole rings is 1. The van der Waals surface area contributed by atoms with Crippen LogP contribution < -0.4 is 4.90 Å². The number of non-ortho nitro benzene ring substituents is 1. The fraction of sp³-hybridized carbons (Fsp3) is 0.385. The lowest BCUT2D eigenvalue weighted by Gasteiger charge is -2.19. The number of aromatic nitrogens is 2. The molecule has 8 heteroatoms. The molecule has 0 spiro atoms. The highest BCUT2D eigenvalue weighted by Gasteiger charge is 2.18. The summed E-state index contributed by atoms with van der Waals surface area (Å²) in [6.45, 7) is 2.18. The average molecular weight is 292 g/mol. The summed E-state index contributed by atoms with van der Waals surface area (Å²) in [4.78, 5) is 30.8. The first-order chi connectivity index (χ1) is 9.92. The van der Waals surface area contributed by atoms with Crippen molar-refractivity contribution in [3.8, 4) is 0 Å². The number of hydrogen-bond donors (Lipinski definition) is 1. The van der Waals surface area contributed by atoms with Gasteiger partial charge < -0.3 is 14.6 Å². The molecule has 0 fully saturated rings. The zero-order valence-electron chi connectivity index (χ0n) is 12.0. The van der Waals surface area contributed by atoms with Gasteiger partial charge >= 0.3 is 5.97 Å². The van der Waals surface area contributed by atoms with E-state index in [0.717, 1.165) is 0 Å². The number of aromatic amines is 1. The van der Waals surface area contributed by atoms with Crippen LogP contribution in [0.3, 0.4) is 0 Å². The second kappa shape index (κ2) is 5.78. The maximum atomic E-state index is 11.4. The van der Waals surface area contributed by atoms with Gasteiger partial charge in [0.1, 0.15) is 0 Å². The van der Waals surface area contributed by atoms with Crippen LogP contribution in [0.4, 0.5) is 11.6 Å². The Morgan fingerprint density at radius 1 is 1.57 bits per heavy atom. The van der Waals surface area contributed by atoms with Crippen molar-refractivity contribution in [2.75, 3.05) is 25.6 Å². The Bertz CT molecular complexity index is 682. The average Bonchev–Trinajstić information content (AvgIpc) is 2.89. The summed E-state index contributed by atoms with van der Waals surface area (Å²) in [5.74, 6) is -0.0580. The number of rotatable bonds is 5. The number of esters is 1. The van der Waals surface area contributed by atoms with E-state index in [1.807, 2.05) is 0 Å². The van der Waals surface area contributed by atoms with Crippen LogP contribution in [0.5, 0.6) is 0 Å². The van der Waals surface area contributed by atoms with Crippen LogP contribution in [0.2, 0.25) is 0 Å². The summed E-state index contributed by atoms with van der Waals surface area (Å²) in [6.07, 6.45) is 0. The number of carbonyl (C=O) groups excluding carboxylic acids is 1. The molecule has 0 bridgehead atoms. The van der Waals surface area contributed by atoms with Gasteiger partial charge in [-0.3, -0.25) is 14.9 Å². The number of H-pyrrole nitrogens is 1. The maximum Gasteiger partial charge on any atom is 0.310 e. The standard InChI is InChI=1S/C13H16N4O4/c1-8(12(18)21-3)7-16(2)13-14-10-5-4-9(17(19)20)6-11(10)15-13/h4-6,8H,7H2,1-3H3,(H,14,15). The van der Waals surface area contributed by atoms with Crippen LogP contribution in [0.15, 0.2) is 18.2 Å². The number of methoxy groups -OCH3 is 1. The van der Waals surface area contributed by atoms with Gasteiger partial charge in [0.2, 0.25) is 5.95 Å². The summed E-state index contributed by atoms with van der Waals surface area (Å²) in [6, 6.07) is 4.43. The molecule has 21 heavy (non-hydrogen) atoms. The molecule has 8 nitrogen and oxygen atoms in total. The topological polar surface area (TPSA) is 101 Å². The highest BCUT2D eigenvalue weighted by Crippen LogP contribution is 2.22. The normalized spacial score (nSPS) is 12.1. The van der Waals surface area contributed by atoms with Crippen molar-refractivity contribution in [1.29, 1.82) is 0 Å². The van der Waals surface area contributed by atoms with Gasteiger partial charge in [-0.25, -0.2) is 4.98 Å². The number of benzene rings is 1. The van der Waals surface area contributed by atoms with Crippen molar-refractivity contribution in [1.82, 2.24) is 9.97 Å². The second-order valence-electron chi connectivity index (χ2n) is 4.82. The van der Waals surface area contributed by atoms with E-state index in [1.165, 1.54) is 19.2 Å². The van der Waals surface area contributed by atoms with E-state index >= 15 is 0 Å². The number of anilines is 1. The summed E-state index contributed by atoms with van der Waals surface area (Å²) in [5.41, 5.74) is 1.22. The van der Waals surface area contributed by atoms with Crippen molar-refractivity contribution in [2.24, 2.45) is 5.92 Å². The molecule has 112 valence electrons. The molecule has 2 aromatic rings. The molecule has 0 saturated carbocycles. The van der Waals surface area contributed by atoms with Gasteiger partial charge in [0.25, 0.3) is 5.69 Å². The van der Waals surface area contributed by atoms with Gasteiger partial charge in [-0.15, -0.1) is 0 Å². The summed E-state index contributed by atoms with van der Waals surface area (Å²) >= 11 is 0. The Morgan fingerprint density at radius 2 is 2.29 bits per heavy atom. The molecular weight excluding hydrogens is 276 g/mol. The molecule has 0 aliphatic heterocycles. The fourth-order valence-electron chi connectivity index (χ4n) is 2.05. The Hall–Kier alpha value is -2.64. The van der Waals surface area contributed by atoms with Crippen molar-refractivity contribution in [2.45, 2.75) is 6.92 Å². The second-order valence-corrected chi connectivity index (χ2v) is 4.82. The molecule has 1 atom stereocenters. The van der Waals surface area contributed by atoms with Gasteiger partial charge in [-0.05, 0) is 6.07 Å². The first-order valence-electron chi connectivity index (χ1n) is 6.35. The molecular formula is C13H16N4O4. The molecule has 1 unspecified atom stereocenters. The highest BCUT2D eigenvalue weighted by atomic mass is 16.6. The molecule has 0 aliphatic rings. The number of hydrogen-bond acceptors (Lipinski definition) is 6. The number of nitrogens with one attached hydrogen (secondary N) is 1. The number of carbonyl (C=O) groups is 1. The van der Waals surface area contributed by atoms with Crippen LogP contribution in [0.1, 0.15) is 6.92 Å². The molecule has 0 saturated heterocycles. The maximum absolute atomic E-state index is 11.4. The fourth-order valence-corrected chi connectivity index (χ4v) is 2.05. The van der Waals surface area contributed by atoms with Gasteiger partial charge in [-0.1, -0.05) is 6.92 Å². The molecule has 0 aliphatic carbocycles. The lowest BCUT2D eigenvalue weighted by Crippen LogP contribution is -2.29. The van der Waals surface area contributed by atoms with E-state index in [4.69, 9.17) is 0 Å². The Balaban J connectivity index is 2.22. The van der Waals surface area contributed by atoms with Gasteiger partial charge in [0.05, 0.1) is 29.0 Å². The van der Waals surface area contributed by atoms with E-state index < -0.39 is 4.92 Å². The quantitative estimate of drug-likeness (QED) is 0.511. The number of nitro groups is 1. The minimum absolute atomic E-state index is 0.00304. The minimum Gasteiger partial charge on any atom is -0.469 e. The largest absolute Gasteiger partial charge is 0.469 e. The van der Waals surface area contributed by atoms with E-state index in [1.54, 1.807) is 24.9 Å². The Morgan fingerprint density at radius 3 is 2.90 bits per heavy atom. The molecule has 1 heterocycles. The van der Waals surface area contributed by atoms with E-state index in [0.29, 0.717) is 23.5 Å². The summed E-state index contributed by atoms with van der Waals surface area (Å²) in [5, 5.41) is 10.7. The zero-order chi connectivity index (χ0) is 15.6. The molecule has 0 radical (unpaired) electrons. The van der Waals surface area contributed by atoms with Crippen LogP contribution in [0, 0.1) is 16.0 Å². The summed E-state index contributed by atoms with van der Waals surface area (Å²) in [7, 11) is 3.13. The minimum atomic E-state index is -0.455. The SMILES string of the molecule is COC(=O)C(C)CN(C)c1nc2ccc([N+](=O)[O-])cc2[nH]1. The van der Waals surface area contributed by atoms with E-state index in [-0.39, 0.29) is 17.6 Å². The number of nitrogens with zero attached hydrogens (tertiary/aromatic N) is 3. The van der Waals surface area contributed by atoms with Crippen molar-refractivity contribution in [3.05, 3.63) is 28.3 Å². The first kappa shape index (κ1) is 14.8. The third-order valence-corrected chi connectivity index (χ3v) is 3.18. The Labute approximate surface area is 120 Å². The molecule has 2 rings (SSSR count). The zero-order valence-corrected chi connectivity index (χ0v) is 12.0. The lowest BCUT2D eigenvalue weighted by molar-refractivity contribution is -0.384. The monoisotopic (exact) mass is 292 g/mol. The highest BCUT2D eigenvalue weighted by molar-refractivity contribution is 5.80. The third kappa shape index (κ3) is 3.10. The lowest BCUT2D eigenvalue weighted by atomic mass is 10.2. The van der Waals surface area contributed by atoms with E-state index in [9.17, 15) is 14.9 Å². The predicted octanol–water partition coefficient (Wildman–Crippen LogP) is 1.72. The predicted molar refractivity (Wildman–Crippen MR) is 77.2 cm³/mol.